The normalized spacial score (nSPS) is 12.9. The second-order valence-corrected chi connectivity index (χ2v) is 6.94. The molecule has 3 nitrogen and oxygen atoms in total. The molecule has 0 fully saturated rings. The molecule has 15 heavy (non-hydrogen) atoms. The van der Waals surface area contributed by atoms with Gasteiger partial charge in [-0.15, -0.1) is 4.52 Å². The van der Waals surface area contributed by atoms with Gasteiger partial charge in [0, 0.05) is 18.6 Å². The fraction of sp³-hybridized carbons (Fsp3) is 1.00. The number of hydrogen-bond acceptors (Lipinski definition) is 4. The minimum Gasteiger partial charge on any atom is -0.298 e. The minimum atomic E-state index is -1.51. The van der Waals surface area contributed by atoms with Gasteiger partial charge in [0.2, 0.25) is 0 Å². The molecule has 0 saturated carbocycles. The highest BCUT2D eigenvalue weighted by atomic mass is 32.7. The summed E-state index contributed by atoms with van der Waals surface area (Å²) in [5, 5.41) is 0. The van der Waals surface area contributed by atoms with E-state index in [9.17, 15) is 4.57 Å². The Morgan fingerprint density at radius 3 is 2.20 bits per heavy atom. The Morgan fingerprint density at radius 2 is 1.80 bits per heavy atom. The van der Waals surface area contributed by atoms with Crippen molar-refractivity contribution in [3.63, 3.8) is 0 Å². The van der Waals surface area contributed by atoms with Gasteiger partial charge in [-0.2, -0.15) is 0 Å². The third-order valence-corrected chi connectivity index (χ3v) is 4.65. The molecule has 0 aliphatic rings. The molecule has 0 spiro atoms. The molecule has 0 aliphatic carbocycles. The lowest BCUT2D eigenvalue weighted by atomic mass is 10.2. The van der Waals surface area contributed by atoms with Crippen molar-refractivity contribution in [3.05, 3.63) is 0 Å². The van der Waals surface area contributed by atoms with Crippen LogP contribution in [0.1, 0.15) is 34.6 Å². The van der Waals surface area contributed by atoms with E-state index in [-0.39, 0.29) is 0 Å². The zero-order valence-corrected chi connectivity index (χ0v) is 12.1. The van der Waals surface area contributed by atoms with Crippen molar-refractivity contribution >= 4 is 18.6 Å². The van der Waals surface area contributed by atoms with Crippen LogP contribution in [0.25, 0.3) is 0 Å². The Balaban J connectivity index is 3.76. The van der Waals surface area contributed by atoms with Crippen molar-refractivity contribution in [1.82, 2.24) is 4.90 Å². The quantitative estimate of drug-likeness (QED) is 0.618. The largest absolute Gasteiger partial charge is 0.585 e. The van der Waals surface area contributed by atoms with Crippen LogP contribution < -0.4 is 0 Å². The highest BCUT2D eigenvalue weighted by molar-refractivity contribution is 8.50. The van der Waals surface area contributed by atoms with Gasteiger partial charge in [0.25, 0.3) is 0 Å². The second kappa shape index (κ2) is 8.51. The summed E-state index contributed by atoms with van der Waals surface area (Å²) in [5.74, 6) is 0.867. The maximum absolute atomic E-state index is 11.2. The van der Waals surface area contributed by atoms with E-state index in [0.717, 1.165) is 12.3 Å². The molecule has 0 saturated heterocycles. The highest BCUT2D eigenvalue weighted by Crippen LogP contribution is 2.38. The Bertz CT molecular complexity index is 180. The van der Waals surface area contributed by atoms with Crippen LogP contribution in [-0.4, -0.2) is 35.9 Å². The van der Waals surface area contributed by atoms with Crippen LogP contribution in [0, 0.1) is 0 Å². The Hall–Kier alpha value is 0.370. The van der Waals surface area contributed by atoms with Crippen LogP contribution in [0.3, 0.4) is 0 Å². The average molecular weight is 252 g/mol. The Morgan fingerprint density at radius 1 is 1.27 bits per heavy atom. The molecule has 0 aromatic rings. The molecule has 0 aromatic carbocycles. The van der Waals surface area contributed by atoms with Crippen LogP contribution in [0.2, 0.25) is 0 Å². The smallest absolute Gasteiger partial charge is 0.298 e. The summed E-state index contributed by atoms with van der Waals surface area (Å²) in [6.07, 6.45) is 0. The van der Waals surface area contributed by atoms with E-state index in [1.807, 2.05) is 6.92 Å². The van der Waals surface area contributed by atoms with Gasteiger partial charge in [-0.05, 0) is 39.2 Å². The molecule has 0 amide bonds. The van der Waals surface area contributed by atoms with Crippen molar-refractivity contribution in [2.24, 2.45) is 0 Å². The third kappa shape index (κ3) is 7.29. The van der Waals surface area contributed by atoms with Gasteiger partial charge in [0.15, 0.2) is 11.4 Å². The minimum absolute atomic E-state index is 0.528. The first-order chi connectivity index (χ1) is 6.99. The van der Waals surface area contributed by atoms with E-state index < -0.39 is 7.23 Å². The summed E-state index contributed by atoms with van der Waals surface area (Å²) in [7, 11) is -1.51. The Kier molecular flexibility index (Phi) is 8.72. The molecular formula is C10H23NO2PS+. The maximum Gasteiger partial charge on any atom is 0.585 e. The molecule has 0 radical (unpaired) electrons. The molecule has 0 rings (SSSR count). The van der Waals surface area contributed by atoms with Crippen molar-refractivity contribution in [2.75, 3.05) is 18.9 Å². The summed E-state index contributed by atoms with van der Waals surface area (Å²) >= 11 is 1.41. The lowest BCUT2D eigenvalue weighted by Gasteiger charge is -2.29. The summed E-state index contributed by atoms with van der Waals surface area (Å²) in [6, 6.07) is 1.08. The zero-order chi connectivity index (χ0) is 11.8. The van der Waals surface area contributed by atoms with Crippen LogP contribution in [0.5, 0.6) is 0 Å². The molecule has 1 atom stereocenters. The molecule has 0 heterocycles. The molecule has 90 valence electrons. The summed E-state index contributed by atoms with van der Waals surface area (Å²) < 4.78 is 16.2. The summed E-state index contributed by atoms with van der Waals surface area (Å²) in [5.41, 5.74) is 0. The van der Waals surface area contributed by atoms with E-state index >= 15 is 0 Å². The fourth-order valence-corrected chi connectivity index (χ4v) is 3.44. The molecule has 5 heteroatoms. The fourth-order valence-electron chi connectivity index (χ4n) is 1.48. The molecule has 0 aromatic heterocycles. The van der Waals surface area contributed by atoms with Gasteiger partial charge in [0.1, 0.15) is 6.61 Å². The topological polar surface area (TPSA) is 29.5 Å². The van der Waals surface area contributed by atoms with Gasteiger partial charge in [-0.3, -0.25) is 4.90 Å². The molecule has 1 unspecified atom stereocenters. The molecule has 0 bridgehead atoms. The number of hydrogen-bond donors (Lipinski definition) is 0. The van der Waals surface area contributed by atoms with Crippen LogP contribution in [0.15, 0.2) is 0 Å². The van der Waals surface area contributed by atoms with E-state index in [2.05, 4.69) is 32.6 Å². The van der Waals surface area contributed by atoms with Crippen molar-refractivity contribution in [1.29, 1.82) is 0 Å². The molecule has 0 N–H and O–H groups in total. The zero-order valence-electron chi connectivity index (χ0n) is 10.4. The average Bonchev–Trinajstić information content (AvgIpc) is 2.11. The summed E-state index contributed by atoms with van der Waals surface area (Å²) in [6.45, 7) is 12.1. The van der Waals surface area contributed by atoms with Crippen LogP contribution >= 0.6 is 18.6 Å². The SMILES string of the molecule is CCO[P+](=O)SCCN(C(C)C)C(C)C. The first kappa shape index (κ1) is 15.4. The second-order valence-electron chi connectivity index (χ2n) is 3.90. The monoisotopic (exact) mass is 252 g/mol. The van der Waals surface area contributed by atoms with Crippen LogP contribution in [-0.2, 0) is 9.09 Å². The van der Waals surface area contributed by atoms with Gasteiger partial charge >= 0.3 is 7.23 Å². The van der Waals surface area contributed by atoms with Crippen molar-refractivity contribution < 1.29 is 9.09 Å². The third-order valence-electron chi connectivity index (χ3n) is 2.11. The van der Waals surface area contributed by atoms with Crippen LogP contribution in [0.4, 0.5) is 0 Å². The molecule has 0 aliphatic heterocycles. The molecular weight excluding hydrogens is 229 g/mol. The standard InChI is InChI=1S/C10H23NO2PS/c1-6-13-14(12)15-8-7-11(9(2)3)10(4)5/h9-10H,6-8H2,1-5H3/q+1. The predicted molar refractivity (Wildman–Crippen MR) is 68.7 cm³/mol. The van der Waals surface area contributed by atoms with E-state index in [1.54, 1.807) is 0 Å². The lowest BCUT2D eigenvalue weighted by molar-refractivity contribution is 0.187. The van der Waals surface area contributed by atoms with Gasteiger partial charge in [-0.25, -0.2) is 0 Å². The first-order valence-corrected chi connectivity index (χ1v) is 8.24. The number of rotatable bonds is 8. The van der Waals surface area contributed by atoms with Gasteiger partial charge < -0.3 is 0 Å². The first-order valence-electron chi connectivity index (χ1n) is 5.47. The summed E-state index contributed by atoms with van der Waals surface area (Å²) in [4.78, 5) is 2.39. The van der Waals surface area contributed by atoms with Crippen molar-refractivity contribution in [3.8, 4) is 0 Å². The highest BCUT2D eigenvalue weighted by Gasteiger charge is 2.20. The lowest BCUT2D eigenvalue weighted by Crippen LogP contribution is -2.38. The predicted octanol–water partition coefficient (Wildman–Crippen LogP) is 3.53. The van der Waals surface area contributed by atoms with Crippen molar-refractivity contribution in [2.45, 2.75) is 46.7 Å². The van der Waals surface area contributed by atoms with Gasteiger partial charge in [0.05, 0.1) is 5.75 Å². The Labute approximate surface area is 98.6 Å². The van der Waals surface area contributed by atoms with Gasteiger partial charge in [-0.1, -0.05) is 0 Å². The number of nitrogens with zero attached hydrogens (tertiary/aromatic N) is 1. The maximum atomic E-state index is 11.2. The van der Waals surface area contributed by atoms with E-state index in [0.29, 0.717) is 18.7 Å². The van der Waals surface area contributed by atoms with E-state index in [1.165, 1.54) is 11.4 Å². The van der Waals surface area contributed by atoms with E-state index in [4.69, 9.17) is 4.52 Å².